The summed E-state index contributed by atoms with van der Waals surface area (Å²) in [7, 11) is 0. The summed E-state index contributed by atoms with van der Waals surface area (Å²) in [4.78, 5) is 11.7. The number of ether oxygens (including phenoxy) is 1. The molecule has 1 aliphatic carbocycles. The molecule has 1 aliphatic heterocycles. The van der Waals surface area contributed by atoms with Gasteiger partial charge in [0.2, 0.25) is 0 Å². The Morgan fingerprint density at radius 3 is 3.06 bits per heavy atom. The number of rotatable bonds is 3. The van der Waals surface area contributed by atoms with Crippen LogP contribution >= 0.6 is 0 Å². The highest BCUT2D eigenvalue weighted by Gasteiger charge is 2.54. The minimum Gasteiger partial charge on any atom is -0.461 e. The van der Waals surface area contributed by atoms with Crippen LogP contribution in [0.4, 0.5) is 0 Å². The van der Waals surface area contributed by atoms with E-state index < -0.39 is 0 Å². The summed E-state index contributed by atoms with van der Waals surface area (Å²) in [5.74, 6) is 1.28. The first-order valence-electron chi connectivity index (χ1n) is 6.11. The number of hydrogen-bond donors (Lipinski definition) is 2. The zero-order valence-electron chi connectivity index (χ0n) is 9.77. The topological polar surface area (TPSA) is 79.9 Å². The highest BCUT2D eigenvalue weighted by molar-refractivity contribution is 5.88. The Balaban J connectivity index is 1.80. The van der Waals surface area contributed by atoms with Crippen LogP contribution in [0.1, 0.15) is 35.4 Å². The Labute approximate surface area is 99.1 Å². The summed E-state index contributed by atoms with van der Waals surface area (Å²) >= 11 is 0. The third kappa shape index (κ3) is 1.72. The third-order valence-corrected chi connectivity index (χ3v) is 3.73. The van der Waals surface area contributed by atoms with Crippen LogP contribution in [0.2, 0.25) is 0 Å². The second-order valence-corrected chi connectivity index (χ2v) is 4.62. The van der Waals surface area contributed by atoms with Crippen LogP contribution in [0.15, 0.2) is 0 Å². The Kier molecular flexibility index (Phi) is 2.58. The van der Waals surface area contributed by atoms with Gasteiger partial charge in [-0.05, 0) is 38.3 Å². The molecule has 1 aromatic rings. The van der Waals surface area contributed by atoms with Crippen molar-refractivity contribution in [3.63, 3.8) is 0 Å². The Morgan fingerprint density at radius 2 is 2.35 bits per heavy atom. The maximum Gasteiger partial charge on any atom is 0.360 e. The van der Waals surface area contributed by atoms with E-state index in [1.54, 1.807) is 6.92 Å². The number of H-pyrrole nitrogens is 1. The fourth-order valence-corrected chi connectivity index (χ4v) is 2.88. The molecule has 3 rings (SSSR count). The molecule has 0 bridgehead atoms. The third-order valence-electron chi connectivity index (χ3n) is 3.73. The van der Waals surface area contributed by atoms with E-state index in [1.165, 1.54) is 0 Å². The largest absolute Gasteiger partial charge is 0.461 e. The number of aromatic amines is 1. The van der Waals surface area contributed by atoms with Gasteiger partial charge in [0.25, 0.3) is 0 Å². The predicted octanol–water partition coefficient (Wildman–Crippen LogP) is 0.304. The summed E-state index contributed by atoms with van der Waals surface area (Å²) in [6, 6.07) is 0. The molecule has 92 valence electrons. The van der Waals surface area contributed by atoms with Crippen LogP contribution in [0.25, 0.3) is 0 Å². The average Bonchev–Trinajstić information content (AvgIpc) is 2.86. The lowest BCUT2D eigenvalue weighted by Gasteiger charge is -2.07. The number of carbonyl (C=O) groups excluding carboxylic acids is 1. The van der Waals surface area contributed by atoms with Crippen molar-refractivity contribution in [3.8, 4) is 0 Å². The lowest BCUT2D eigenvalue weighted by molar-refractivity contribution is 0.0518. The number of piperidine rings is 1. The minimum atomic E-state index is -0.368. The summed E-state index contributed by atoms with van der Waals surface area (Å²) in [6.45, 7) is 4.23. The summed E-state index contributed by atoms with van der Waals surface area (Å²) in [5, 5.41) is 14.0. The number of nitrogens with one attached hydrogen (secondary N) is 2. The molecular formula is C11H16N4O2. The van der Waals surface area contributed by atoms with Crippen molar-refractivity contribution in [1.82, 2.24) is 20.7 Å². The Hall–Kier alpha value is -1.43. The number of nitrogens with zero attached hydrogens (tertiary/aromatic N) is 2. The van der Waals surface area contributed by atoms with Crippen molar-refractivity contribution in [1.29, 1.82) is 0 Å². The van der Waals surface area contributed by atoms with Crippen LogP contribution < -0.4 is 5.32 Å². The van der Waals surface area contributed by atoms with Crippen molar-refractivity contribution < 1.29 is 9.53 Å². The normalized spacial score (nSPS) is 30.8. The van der Waals surface area contributed by atoms with Gasteiger partial charge in [-0.2, -0.15) is 10.3 Å². The van der Waals surface area contributed by atoms with Gasteiger partial charge in [-0.1, -0.05) is 0 Å². The first-order chi connectivity index (χ1) is 8.33. The van der Waals surface area contributed by atoms with Gasteiger partial charge >= 0.3 is 5.97 Å². The fourth-order valence-electron chi connectivity index (χ4n) is 2.88. The number of aromatic nitrogens is 3. The molecule has 1 aromatic heterocycles. The van der Waals surface area contributed by atoms with E-state index in [0.29, 0.717) is 30.1 Å². The SMILES string of the molecule is CCOC(=O)c1n[nH]nc1C1C2CCNCC21. The Morgan fingerprint density at radius 1 is 1.47 bits per heavy atom. The standard InChI is InChI=1S/C11H16N4O2/c1-2-17-11(16)10-9(13-15-14-10)8-6-3-4-12-5-7(6)8/h6-8,12H,2-5H2,1H3,(H,13,14,15). The number of carbonyl (C=O) groups is 1. The van der Waals surface area contributed by atoms with Crippen LogP contribution in [-0.2, 0) is 4.74 Å². The van der Waals surface area contributed by atoms with Crippen molar-refractivity contribution in [3.05, 3.63) is 11.4 Å². The summed E-state index contributed by atoms with van der Waals surface area (Å²) in [6.07, 6.45) is 1.16. The summed E-state index contributed by atoms with van der Waals surface area (Å²) < 4.78 is 4.98. The van der Waals surface area contributed by atoms with Gasteiger partial charge < -0.3 is 10.1 Å². The number of fused-ring (bicyclic) bond motifs is 1. The smallest absolute Gasteiger partial charge is 0.360 e. The lowest BCUT2D eigenvalue weighted by Crippen LogP contribution is -2.23. The monoisotopic (exact) mass is 236 g/mol. The molecule has 1 saturated heterocycles. The molecule has 0 amide bonds. The molecule has 3 atom stereocenters. The van der Waals surface area contributed by atoms with Crippen LogP contribution in [0.3, 0.4) is 0 Å². The van der Waals surface area contributed by atoms with Gasteiger partial charge in [0.1, 0.15) is 5.69 Å². The molecule has 1 saturated carbocycles. The highest BCUT2D eigenvalue weighted by atomic mass is 16.5. The van der Waals surface area contributed by atoms with E-state index in [0.717, 1.165) is 25.2 Å². The van der Waals surface area contributed by atoms with Crippen molar-refractivity contribution in [2.45, 2.75) is 19.3 Å². The molecule has 2 heterocycles. The first-order valence-corrected chi connectivity index (χ1v) is 6.11. The molecular weight excluding hydrogens is 220 g/mol. The maximum absolute atomic E-state index is 11.7. The van der Waals surface area contributed by atoms with Crippen LogP contribution in [0, 0.1) is 11.8 Å². The van der Waals surface area contributed by atoms with Crippen molar-refractivity contribution >= 4 is 5.97 Å². The second-order valence-electron chi connectivity index (χ2n) is 4.62. The number of esters is 1. The van der Waals surface area contributed by atoms with E-state index >= 15 is 0 Å². The van der Waals surface area contributed by atoms with E-state index in [2.05, 4.69) is 20.7 Å². The molecule has 2 aliphatic rings. The zero-order chi connectivity index (χ0) is 11.8. The van der Waals surface area contributed by atoms with Crippen LogP contribution in [0.5, 0.6) is 0 Å². The molecule has 2 fully saturated rings. The zero-order valence-corrected chi connectivity index (χ0v) is 9.77. The quantitative estimate of drug-likeness (QED) is 0.738. The minimum absolute atomic E-state index is 0.365. The van der Waals surface area contributed by atoms with E-state index in [-0.39, 0.29) is 5.97 Å². The van der Waals surface area contributed by atoms with Gasteiger partial charge in [-0.25, -0.2) is 4.79 Å². The van der Waals surface area contributed by atoms with Gasteiger partial charge in [-0.15, -0.1) is 5.10 Å². The van der Waals surface area contributed by atoms with Crippen molar-refractivity contribution in [2.24, 2.45) is 11.8 Å². The molecule has 6 heteroatoms. The lowest BCUT2D eigenvalue weighted by atomic mass is 10.1. The predicted molar refractivity (Wildman–Crippen MR) is 59.5 cm³/mol. The van der Waals surface area contributed by atoms with E-state index in [1.807, 2.05) is 0 Å². The van der Waals surface area contributed by atoms with Gasteiger partial charge in [-0.3, -0.25) is 0 Å². The van der Waals surface area contributed by atoms with Gasteiger partial charge in [0.05, 0.1) is 6.61 Å². The second kappa shape index (κ2) is 4.10. The molecule has 0 radical (unpaired) electrons. The molecule has 17 heavy (non-hydrogen) atoms. The van der Waals surface area contributed by atoms with Crippen molar-refractivity contribution in [2.75, 3.05) is 19.7 Å². The molecule has 6 nitrogen and oxygen atoms in total. The highest BCUT2D eigenvalue weighted by Crippen LogP contribution is 2.56. The molecule has 3 unspecified atom stereocenters. The van der Waals surface area contributed by atoms with E-state index in [4.69, 9.17) is 4.74 Å². The fraction of sp³-hybridized carbons (Fsp3) is 0.727. The van der Waals surface area contributed by atoms with E-state index in [9.17, 15) is 4.79 Å². The van der Waals surface area contributed by atoms with Gasteiger partial charge in [0.15, 0.2) is 5.69 Å². The van der Waals surface area contributed by atoms with Crippen LogP contribution in [-0.4, -0.2) is 41.1 Å². The van der Waals surface area contributed by atoms with Gasteiger partial charge in [0, 0.05) is 5.92 Å². The first kappa shape index (κ1) is 10.7. The molecule has 0 aromatic carbocycles. The maximum atomic E-state index is 11.7. The average molecular weight is 236 g/mol. The molecule has 0 spiro atoms. The molecule has 2 N–H and O–H groups in total. The Bertz CT molecular complexity index is 419. The number of hydrogen-bond acceptors (Lipinski definition) is 5. The summed E-state index contributed by atoms with van der Waals surface area (Å²) in [5.41, 5.74) is 1.16.